The number of hydrogen-bond acceptors (Lipinski definition) is 9. The van der Waals surface area contributed by atoms with Crippen molar-refractivity contribution in [2.45, 2.75) is 79.1 Å². The Hall–Kier alpha value is -9.44. The van der Waals surface area contributed by atoms with Crippen LogP contribution in [0.15, 0.2) is 241 Å². The molecule has 0 saturated carbocycles. The molecule has 90 heavy (non-hydrogen) atoms. The third kappa shape index (κ3) is 17.4. The molecule has 0 aliphatic carbocycles. The van der Waals surface area contributed by atoms with Gasteiger partial charge in [-0.2, -0.15) is 65.9 Å². The van der Waals surface area contributed by atoms with Gasteiger partial charge < -0.3 is 40.2 Å². The topological polar surface area (TPSA) is 120 Å². The van der Waals surface area contributed by atoms with Crippen LogP contribution in [-0.4, -0.2) is 22.6 Å². The average molecular weight is 1540 g/mol. The summed E-state index contributed by atoms with van der Waals surface area (Å²) in [6, 6.07) is 80.5. The molecule has 0 saturated heterocycles. The summed E-state index contributed by atoms with van der Waals surface area (Å²) in [7, 11) is 0. The monoisotopic (exact) mass is 1540 g/mol. The third-order valence-corrected chi connectivity index (χ3v) is 14.3. The molecule has 10 aromatic rings. The van der Waals surface area contributed by atoms with Gasteiger partial charge in [0.15, 0.2) is 0 Å². The average Bonchev–Trinajstić information content (AvgIpc) is 1.64. The van der Waals surface area contributed by atoms with Crippen molar-refractivity contribution >= 4 is 86.9 Å². The first-order chi connectivity index (χ1) is 42.9. The Bertz CT molecular complexity index is 3670. The van der Waals surface area contributed by atoms with Gasteiger partial charge in [0.05, 0.1) is 17.8 Å². The molecule has 4 heterocycles. The zero-order valence-corrected chi connectivity index (χ0v) is 56.1. The Morgan fingerprint density at radius 1 is 0.478 bits per heavy atom. The predicted molar refractivity (Wildman–Crippen MR) is 365 cm³/mol. The molecular formula is C76H70N12Pt2-6. The van der Waals surface area contributed by atoms with Crippen molar-refractivity contribution in [1.29, 1.82) is 5.26 Å². The number of aliphatic imine (C=N–C) groups is 2. The van der Waals surface area contributed by atoms with Gasteiger partial charge in [-0.15, -0.1) is 24.7 Å². The van der Waals surface area contributed by atoms with Crippen LogP contribution in [0.4, 0.5) is 74.2 Å². The first-order valence-corrected chi connectivity index (χ1v) is 29.4. The van der Waals surface area contributed by atoms with Crippen molar-refractivity contribution in [3.05, 3.63) is 306 Å². The van der Waals surface area contributed by atoms with Crippen molar-refractivity contribution in [2.75, 3.05) is 19.6 Å². The second-order valence-corrected chi connectivity index (χ2v) is 21.8. The van der Waals surface area contributed by atoms with E-state index in [0.717, 1.165) is 57.1 Å². The molecule has 14 heteroatoms. The van der Waals surface area contributed by atoms with Gasteiger partial charge in [-0.25, -0.2) is 9.83 Å². The fourth-order valence-corrected chi connectivity index (χ4v) is 9.93. The summed E-state index contributed by atoms with van der Waals surface area (Å²) in [6.45, 7) is 29.3. The molecule has 8 aromatic carbocycles. The van der Waals surface area contributed by atoms with Crippen LogP contribution in [0.3, 0.4) is 0 Å². The minimum absolute atomic E-state index is 0. The van der Waals surface area contributed by atoms with E-state index in [4.69, 9.17) is 6.57 Å². The van der Waals surface area contributed by atoms with Crippen LogP contribution in [0, 0.1) is 43.4 Å². The van der Waals surface area contributed by atoms with Crippen LogP contribution in [0.5, 0.6) is 0 Å². The van der Waals surface area contributed by atoms with Crippen LogP contribution in [0.25, 0.3) is 15.5 Å². The van der Waals surface area contributed by atoms with Crippen LogP contribution in [0.2, 0.25) is 0 Å². The van der Waals surface area contributed by atoms with Crippen LogP contribution < -0.4 is 19.6 Å². The van der Waals surface area contributed by atoms with Crippen molar-refractivity contribution < 1.29 is 42.1 Å². The SMILES string of the molecule is C(=Nc1ccccc1)[N-]c1ccccc1.C(=Nc1ccccc1)[N-]c1ccccc1.CC(C)c1cccc(C(C)C)c1N1[CH-]N(c2[c-]cccc2)c2ncc(C#N)cc21.[C-]#[N+]c1cnc2c(c1)N(c1c(C(C)C)cccc1C(C)C)[CH-]N2c1[c-]cccc1.[Pt].[Pt]. The number of nitriles is 1. The zero-order chi connectivity index (χ0) is 61.8. The van der Waals surface area contributed by atoms with E-state index in [2.05, 4.69) is 169 Å². The van der Waals surface area contributed by atoms with Gasteiger partial charge in [-0.05, 0) is 80.8 Å². The number of para-hydroxylation sites is 8. The van der Waals surface area contributed by atoms with Gasteiger partial charge in [-0.1, -0.05) is 226 Å². The second kappa shape index (κ2) is 33.8. The fraction of sp³-hybridized carbons (Fsp3) is 0.158. The van der Waals surface area contributed by atoms with Crippen molar-refractivity contribution in [2.24, 2.45) is 9.98 Å². The fourth-order valence-electron chi connectivity index (χ4n) is 9.93. The van der Waals surface area contributed by atoms with E-state index in [0.29, 0.717) is 34.9 Å². The molecule has 2 aromatic heterocycles. The molecule has 0 unspecified atom stereocenters. The van der Waals surface area contributed by atoms with Crippen LogP contribution >= 0.6 is 0 Å². The maximum absolute atomic E-state index is 9.46. The molecule has 0 N–H and O–H groups in total. The first-order valence-electron chi connectivity index (χ1n) is 29.4. The Kier molecular flexibility index (Phi) is 25.5. The van der Waals surface area contributed by atoms with Gasteiger partial charge >= 0.3 is 0 Å². The maximum Gasteiger partial charge on any atom is 0.207 e. The number of nitrogens with zero attached hydrogens (tertiary/aromatic N) is 12. The molecule has 460 valence electrons. The number of hydrogen-bond donors (Lipinski definition) is 0. The minimum atomic E-state index is 0. The number of anilines is 8. The van der Waals surface area contributed by atoms with Gasteiger partial charge in [0.1, 0.15) is 17.7 Å². The summed E-state index contributed by atoms with van der Waals surface area (Å²) in [5, 5.41) is 17.9. The Balaban J connectivity index is 0.000000177. The molecule has 0 bridgehead atoms. The number of benzene rings is 8. The predicted octanol–water partition coefficient (Wildman–Crippen LogP) is 21.6. The summed E-state index contributed by atoms with van der Waals surface area (Å²) in [5.41, 5.74) is 15.9. The van der Waals surface area contributed by atoms with E-state index >= 15 is 0 Å². The van der Waals surface area contributed by atoms with Gasteiger partial charge in [-0.3, -0.25) is 4.98 Å². The van der Waals surface area contributed by atoms with E-state index < -0.39 is 0 Å². The normalized spacial score (nSPS) is 11.9. The molecule has 12 rings (SSSR count). The molecule has 0 atom stereocenters. The summed E-state index contributed by atoms with van der Waals surface area (Å²) in [4.78, 5) is 29.8. The molecule has 0 radical (unpaired) electrons. The molecular weight excluding hydrogens is 1470 g/mol. The minimum Gasteiger partial charge on any atom is -0.478 e. The molecule has 2 aliphatic rings. The zero-order valence-electron chi connectivity index (χ0n) is 51.6. The standard InChI is InChI=1S/2C25H24N4.2C13H11N2.2Pt/c1-17(2)21-12-9-13-22(18(3)4)24(21)29-16-28(20-10-7-6-8-11-20)25-23(29)14-19(26-5)15-27-25;1-17(2)21-11-8-12-22(18(3)4)24(21)29-16-28(20-9-6-5-7-10-20)25-23(29)13-19(14-26)15-27-25;2*1-3-7-12(8-4-1)14-11-15-13-9-5-2-6-10-13;;/h6-10,12-18H,1-4H3;5-9,11-13,15-18H,1-4H3;2*1-11H;;/q2*-2;2*-1;;. The quantitative estimate of drug-likeness (QED) is 0.0604. The number of pyridine rings is 2. The summed E-state index contributed by atoms with van der Waals surface area (Å²) in [6.07, 6.45) is 6.41. The first kappa shape index (κ1) is 68.1. The van der Waals surface area contributed by atoms with Crippen molar-refractivity contribution in [3.63, 3.8) is 0 Å². The second-order valence-electron chi connectivity index (χ2n) is 21.8. The molecule has 0 amide bonds. The van der Waals surface area contributed by atoms with E-state index in [1.165, 1.54) is 33.6 Å². The Labute approximate surface area is 561 Å². The third-order valence-electron chi connectivity index (χ3n) is 14.3. The molecule has 12 nitrogen and oxygen atoms in total. The Morgan fingerprint density at radius 2 is 0.844 bits per heavy atom. The smallest absolute Gasteiger partial charge is 0.207 e. The molecule has 0 fully saturated rings. The van der Waals surface area contributed by atoms with E-state index in [1.54, 1.807) is 25.1 Å². The number of aromatic nitrogens is 2. The largest absolute Gasteiger partial charge is 0.478 e. The van der Waals surface area contributed by atoms with E-state index in [-0.39, 0.29) is 42.1 Å². The van der Waals surface area contributed by atoms with Crippen molar-refractivity contribution in [1.82, 2.24) is 9.97 Å². The number of rotatable bonds is 14. The summed E-state index contributed by atoms with van der Waals surface area (Å²) >= 11 is 0. The molecule has 0 spiro atoms. The van der Waals surface area contributed by atoms with Crippen LogP contribution in [0.1, 0.15) is 107 Å². The van der Waals surface area contributed by atoms with Crippen molar-refractivity contribution in [3.8, 4) is 6.07 Å². The summed E-state index contributed by atoms with van der Waals surface area (Å²) < 4.78 is 0. The maximum atomic E-state index is 9.46. The number of fused-ring (bicyclic) bond motifs is 2. The van der Waals surface area contributed by atoms with Gasteiger partial charge in [0.25, 0.3) is 0 Å². The van der Waals surface area contributed by atoms with Gasteiger partial charge in [0, 0.05) is 71.6 Å². The summed E-state index contributed by atoms with van der Waals surface area (Å²) in [5.74, 6) is 3.09. The van der Waals surface area contributed by atoms with E-state index in [9.17, 15) is 5.26 Å². The van der Waals surface area contributed by atoms with Gasteiger partial charge in [0.2, 0.25) is 5.69 Å². The molecule has 2 aliphatic heterocycles. The van der Waals surface area contributed by atoms with E-state index in [1.807, 2.05) is 192 Å². The van der Waals surface area contributed by atoms with Crippen LogP contribution in [-0.2, 0) is 42.1 Å². The Morgan fingerprint density at radius 3 is 1.20 bits per heavy atom.